The molecule has 1 fully saturated rings. The largest absolute Gasteiger partial charge is 0.455 e. The van der Waals surface area contributed by atoms with Crippen molar-refractivity contribution in [2.45, 2.75) is 37.8 Å². The molecule has 0 spiro atoms. The fraction of sp³-hybridized carbons (Fsp3) is 1.00. The average Bonchev–Trinajstić information content (AvgIpc) is 2.65. The number of halogens is 5. The van der Waals surface area contributed by atoms with Crippen molar-refractivity contribution in [1.29, 1.82) is 0 Å². The van der Waals surface area contributed by atoms with Gasteiger partial charge in [-0.25, -0.2) is 0 Å². The maximum atomic E-state index is 12.6. The fourth-order valence-electron chi connectivity index (χ4n) is 1.95. The van der Waals surface area contributed by atoms with Crippen LogP contribution in [-0.4, -0.2) is 31.1 Å². The zero-order valence-electron chi connectivity index (χ0n) is 9.20. The van der Waals surface area contributed by atoms with Gasteiger partial charge in [0.05, 0.1) is 6.61 Å². The van der Waals surface area contributed by atoms with Crippen LogP contribution in [0.1, 0.15) is 25.7 Å². The molecule has 1 saturated carbocycles. The molecule has 0 saturated heterocycles. The Hall–Kier alpha value is -0.0400. The number of thiol groups is 1. The minimum absolute atomic E-state index is 0.0812. The number of hydrogen-bond donors (Lipinski definition) is 1. The van der Waals surface area contributed by atoms with Crippen LogP contribution in [0.25, 0.3) is 0 Å². The van der Waals surface area contributed by atoms with E-state index < -0.39 is 18.7 Å². The van der Waals surface area contributed by atoms with E-state index in [4.69, 9.17) is 0 Å². The van der Waals surface area contributed by atoms with Crippen LogP contribution in [-0.2, 0) is 4.74 Å². The number of alkyl halides is 5. The van der Waals surface area contributed by atoms with Crippen LogP contribution >= 0.6 is 12.6 Å². The van der Waals surface area contributed by atoms with Gasteiger partial charge >= 0.3 is 12.1 Å². The highest BCUT2D eigenvalue weighted by Crippen LogP contribution is 2.40. The zero-order chi connectivity index (χ0) is 13.2. The zero-order valence-corrected chi connectivity index (χ0v) is 10.1. The highest BCUT2D eigenvalue weighted by Gasteiger charge is 2.57. The van der Waals surface area contributed by atoms with Gasteiger partial charge in [0.1, 0.15) is 6.61 Å². The maximum Gasteiger partial charge on any atom is 0.455 e. The fourth-order valence-corrected chi connectivity index (χ4v) is 2.36. The second-order valence-corrected chi connectivity index (χ2v) is 4.88. The lowest BCUT2D eigenvalue weighted by molar-refractivity contribution is -0.298. The third-order valence-corrected chi connectivity index (χ3v) is 3.78. The van der Waals surface area contributed by atoms with Crippen LogP contribution in [0.5, 0.6) is 0 Å². The van der Waals surface area contributed by atoms with Crippen molar-refractivity contribution in [1.82, 2.24) is 0 Å². The minimum Gasteiger partial charge on any atom is -0.374 e. The van der Waals surface area contributed by atoms with E-state index in [1.54, 1.807) is 0 Å². The number of rotatable bonds is 5. The summed E-state index contributed by atoms with van der Waals surface area (Å²) < 4.78 is 65.3. The molecule has 0 amide bonds. The molecule has 0 unspecified atom stereocenters. The summed E-state index contributed by atoms with van der Waals surface area (Å²) in [5.74, 6) is -4.33. The quantitative estimate of drug-likeness (QED) is 0.596. The summed E-state index contributed by atoms with van der Waals surface area (Å²) in [6.45, 7) is -1.69. The van der Waals surface area contributed by atoms with Crippen LogP contribution in [0.15, 0.2) is 0 Å². The molecule has 0 aromatic heterocycles. The standard InChI is InChI=1S/C10H15F5OS/c11-9(12,10(13,14)15)6-16-5-8(7-17)3-1-2-4-8/h17H,1-7H2. The van der Waals surface area contributed by atoms with E-state index in [0.717, 1.165) is 25.7 Å². The first-order valence-electron chi connectivity index (χ1n) is 5.36. The molecule has 0 heterocycles. The summed E-state index contributed by atoms with van der Waals surface area (Å²) >= 11 is 4.11. The summed E-state index contributed by atoms with van der Waals surface area (Å²) in [4.78, 5) is 0. The second kappa shape index (κ2) is 5.30. The molecule has 1 aliphatic carbocycles. The predicted molar refractivity (Wildman–Crippen MR) is 56.6 cm³/mol. The lowest BCUT2D eigenvalue weighted by Gasteiger charge is -2.28. The summed E-state index contributed by atoms with van der Waals surface area (Å²) in [6, 6.07) is 0. The van der Waals surface area contributed by atoms with Crippen LogP contribution in [0.3, 0.4) is 0 Å². The molecule has 7 heteroatoms. The Balaban J connectivity index is 2.42. The molecule has 1 aliphatic rings. The molecule has 0 aromatic rings. The lowest BCUT2D eigenvalue weighted by Crippen LogP contribution is -2.42. The third-order valence-electron chi connectivity index (χ3n) is 3.11. The lowest BCUT2D eigenvalue weighted by atomic mass is 9.90. The van der Waals surface area contributed by atoms with Crippen LogP contribution < -0.4 is 0 Å². The Labute approximate surface area is 102 Å². The van der Waals surface area contributed by atoms with E-state index in [-0.39, 0.29) is 12.0 Å². The molecule has 0 aliphatic heterocycles. The van der Waals surface area contributed by atoms with Crippen LogP contribution in [0.2, 0.25) is 0 Å². The molecule has 0 bridgehead atoms. The highest BCUT2D eigenvalue weighted by molar-refractivity contribution is 7.80. The Morgan fingerprint density at radius 1 is 1.06 bits per heavy atom. The molecule has 17 heavy (non-hydrogen) atoms. The van der Waals surface area contributed by atoms with Gasteiger partial charge in [0.25, 0.3) is 0 Å². The molecule has 102 valence electrons. The Morgan fingerprint density at radius 3 is 2.00 bits per heavy atom. The van der Waals surface area contributed by atoms with Gasteiger partial charge in [-0.3, -0.25) is 0 Å². The molecule has 1 rings (SSSR count). The molecule has 0 radical (unpaired) electrons. The van der Waals surface area contributed by atoms with Gasteiger partial charge in [-0.1, -0.05) is 12.8 Å². The van der Waals surface area contributed by atoms with Gasteiger partial charge in [-0.15, -0.1) is 0 Å². The monoisotopic (exact) mass is 278 g/mol. The van der Waals surface area contributed by atoms with Gasteiger partial charge in [-0.05, 0) is 18.6 Å². The summed E-state index contributed by atoms with van der Waals surface area (Å²) in [5, 5.41) is 0. The number of ether oxygens (including phenoxy) is 1. The average molecular weight is 278 g/mol. The first-order chi connectivity index (χ1) is 7.72. The smallest absolute Gasteiger partial charge is 0.374 e. The van der Waals surface area contributed by atoms with E-state index in [9.17, 15) is 22.0 Å². The van der Waals surface area contributed by atoms with Gasteiger partial charge in [0.15, 0.2) is 0 Å². The van der Waals surface area contributed by atoms with E-state index >= 15 is 0 Å². The molecule has 0 atom stereocenters. The van der Waals surface area contributed by atoms with Crippen molar-refractivity contribution < 1.29 is 26.7 Å². The van der Waals surface area contributed by atoms with Crippen molar-refractivity contribution in [3.05, 3.63) is 0 Å². The van der Waals surface area contributed by atoms with Crippen LogP contribution in [0, 0.1) is 5.41 Å². The van der Waals surface area contributed by atoms with Gasteiger partial charge in [0.2, 0.25) is 0 Å². The number of hydrogen-bond acceptors (Lipinski definition) is 2. The van der Waals surface area contributed by atoms with Gasteiger partial charge in [0, 0.05) is 5.41 Å². The van der Waals surface area contributed by atoms with Gasteiger partial charge in [-0.2, -0.15) is 34.6 Å². The highest BCUT2D eigenvalue weighted by atomic mass is 32.1. The molecule has 0 aromatic carbocycles. The third kappa shape index (κ3) is 3.71. The minimum atomic E-state index is -5.54. The van der Waals surface area contributed by atoms with E-state index in [1.807, 2.05) is 0 Å². The Kier molecular flexibility index (Phi) is 4.68. The normalized spacial score (nSPS) is 20.8. The topological polar surface area (TPSA) is 9.23 Å². The second-order valence-electron chi connectivity index (χ2n) is 4.56. The van der Waals surface area contributed by atoms with Crippen LogP contribution in [0.4, 0.5) is 22.0 Å². The first-order valence-corrected chi connectivity index (χ1v) is 5.99. The summed E-state index contributed by atoms with van der Waals surface area (Å²) in [7, 11) is 0. The summed E-state index contributed by atoms with van der Waals surface area (Å²) in [6.07, 6.45) is -2.11. The molecule has 0 N–H and O–H groups in total. The van der Waals surface area contributed by atoms with Crippen molar-refractivity contribution in [2.24, 2.45) is 5.41 Å². The van der Waals surface area contributed by atoms with Crippen molar-refractivity contribution in [3.63, 3.8) is 0 Å². The Bertz CT molecular complexity index is 246. The molecular weight excluding hydrogens is 263 g/mol. The van der Waals surface area contributed by atoms with Gasteiger partial charge < -0.3 is 4.74 Å². The maximum absolute atomic E-state index is 12.6. The van der Waals surface area contributed by atoms with E-state index in [2.05, 4.69) is 17.4 Å². The summed E-state index contributed by atoms with van der Waals surface area (Å²) in [5.41, 5.74) is -0.329. The molecular formula is C10H15F5OS. The Morgan fingerprint density at radius 2 is 1.59 bits per heavy atom. The first kappa shape index (κ1) is 15.0. The van der Waals surface area contributed by atoms with Crippen molar-refractivity contribution in [3.8, 4) is 0 Å². The SMILES string of the molecule is FC(F)(F)C(F)(F)COCC1(CS)CCCC1. The van der Waals surface area contributed by atoms with E-state index in [1.165, 1.54) is 0 Å². The van der Waals surface area contributed by atoms with Crippen molar-refractivity contribution >= 4 is 12.6 Å². The predicted octanol–water partition coefficient (Wildman–Crippen LogP) is 3.69. The van der Waals surface area contributed by atoms with Crippen molar-refractivity contribution in [2.75, 3.05) is 19.0 Å². The van der Waals surface area contributed by atoms with E-state index in [0.29, 0.717) is 5.75 Å². The molecule has 1 nitrogen and oxygen atoms in total.